The van der Waals surface area contributed by atoms with Gasteiger partial charge in [-0.15, -0.1) is 0 Å². The van der Waals surface area contributed by atoms with E-state index in [1.165, 1.54) is 0 Å². The number of hydrogen-bond acceptors (Lipinski definition) is 3. The van der Waals surface area contributed by atoms with Crippen molar-refractivity contribution in [2.75, 3.05) is 5.32 Å². The number of hydrogen-bond donors (Lipinski definition) is 2. The summed E-state index contributed by atoms with van der Waals surface area (Å²) in [5.41, 5.74) is 2.44. The molecule has 0 atom stereocenters. The predicted octanol–water partition coefficient (Wildman–Crippen LogP) is 4.04. The molecule has 0 radical (unpaired) electrons. The van der Waals surface area contributed by atoms with Gasteiger partial charge < -0.3 is 5.32 Å². The predicted molar refractivity (Wildman–Crippen MR) is 106 cm³/mol. The fourth-order valence-corrected chi connectivity index (χ4v) is 2.60. The Kier molecular flexibility index (Phi) is 5.51. The molecule has 3 rings (SSSR count). The van der Waals surface area contributed by atoms with E-state index in [4.69, 9.17) is 12.2 Å². The second-order valence-electron chi connectivity index (χ2n) is 5.55. The molecule has 0 aromatic heterocycles. The Morgan fingerprint density at radius 2 is 1.15 bits per heavy atom. The summed E-state index contributed by atoms with van der Waals surface area (Å²) in [6.07, 6.45) is 0. The number of carbonyl (C=O) groups is 2. The zero-order chi connectivity index (χ0) is 18.4. The van der Waals surface area contributed by atoms with Crippen LogP contribution in [0.2, 0.25) is 0 Å². The molecule has 3 aromatic carbocycles. The van der Waals surface area contributed by atoms with E-state index in [9.17, 15) is 9.59 Å². The van der Waals surface area contributed by atoms with Crippen LogP contribution < -0.4 is 10.6 Å². The summed E-state index contributed by atoms with van der Waals surface area (Å²) in [5, 5.41) is 5.75. The molecule has 1 amide bonds. The Morgan fingerprint density at radius 3 is 1.73 bits per heavy atom. The van der Waals surface area contributed by atoms with Crippen molar-refractivity contribution >= 4 is 34.7 Å². The molecule has 0 heterocycles. The largest absolute Gasteiger partial charge is 0.332 e. The highest BCUT2D eigenvalue weighted by atomic mass is 32.1. The van der Waals surface area contributed by atoms with Gasteiger partial charge in [0.25, 0.3) is 5.91 Å². The van der Waals surface area contributed by atoms with Crippen molar-refractivity contribution in [3.8, 4) is 0 Å². The highest BCUT2D eigenvalue weighted by Crippen LogP contribution is 2.14. The lowest BCUT2D eigenvalue weighted by molar-refractivity contribution is 0.0976. The van der Waals surface area contributed by atoms with Crippen molar-refractivity contribution in [2.24, 2.45) is 0 Å². The van der Waals surface area contributed by atoms with Crippen molar-refractivity contribution in [1.82, 2.24) is 5.32 Å². The summed E-state index contributed by atoms with van der Waals surface area (Å²) in [4.78, 5) is 24.4. The highest BCUT2D eigenvalue weighted by molar-refractivity contribution is 7.80. The van der Waals surface area contributed by atoms with E-state index < -0.39 is 0 Å². The van der Waals surface area contributed by atoms with E-state index in [2.05, 4.69) is 10.6 Å². The van der Waals surface area contributed by atoms with Crippen LogP contribution in [0.15, 0.2) is 84.9 Å². The van der Waals surface area contributed by atoms with Gasteiger partial charge in [0.05, 0.1) is 0 Å². The van der Waals surface area contributed by atoms with Gasteiger partial charge in [0, 0.05) is 22.4 Å². The third-order valence-corrected chi connectivity index (χ3v) is 3.91. The quantitative estimate of drug-likeness (QED) is 0.544. The Bertz CT molecular complexity index is 923. The number of nitrogens with one attached hydrogen (secondary N) is 2. The smallest absolute Gasteiger partial charge is 0.257 e. The standard InChI is InChI=1S/C21H16N2O2S/c24-19(15-7-3-1-4-8-15)16-11-13-18(14-12-16)22-21(26)23-20(25)17-9-5-2-6-10-17/h1-14H,(H2,22,23,25,26). The molecule has 0 saturated carbocycles. The molecule has 128 valence electrons. The molecule has 3 aromatic rings. The second kappa shape index (κ2) is 8.18. The Morgan fingerprint density at radius 1 is 0.654 bits per heavy atom. The SMILES string of the molecule is O=C(NC(=S)Nc1ccc(C(=O)c2ccccc2)cc1)c1ccccc1. The summed E-state index contributed by atoms with van der Waals surface area (Å²) in [5.74, 6) is -0.323. The topological polar surface area (TPSA) is 58.2 Å². The summed E-state index contributed by atoms with van der Waals surface area (Å²) in [6, 6.07) is 24.9. The van der Waals surface area contributed by atoms with Crippen LogP contribution in [0.25, 0.3) is 0 Å². The lowest BCUT2D eigenvalue weighted by Crippen LogP contribution is -2.34. The Hall–Kier alpha value is -3.31. The first-order chi connectivity index (χ1) is 12.6. The summed E-state index contributed by atoms with van der Waals surface area (Å²) >= 11 is 5.16. The van der Waals surface area contributed by atoms with Crippen LogP contribution in [-0.4, -0.2) is 16.8 Å². The van der Waals surface area contributed by atoms with E-state index in [1.54, 1.807) is 60.7 Å². The van der Waals surface area contributed by atoms with E-state index >= 15 is 0 Å². The van der Waals surface area contributed by atoms with E-state index in [-0.39, 0.29) is 16.8 Å². The average Bonchev–Trinajstić information content (AvgIpc) is 2.69. The van der Waals surface area contributed by atoms with Crippen LogP contribution in [0, 0.1) is 0 Å². The average molecular weight is 360 g/mol. The third kappa shape index (κ3) is 4.40. The minimum Gasteiger partial charge on any atom is -0.332 e. The first kappa shape index (κ1) is 17.5. The van der Waals surface area contributed by atoms with Gasteiger partial charge in [0.1, 0.15) is 0 Å². The first-order valence-corrected chi connectivity index (χ1v) is 8.41. The number of ketones is 1. The van der Waals surface area contributed by atoms with Crippen LogP contribution in [0.5, 0.6) is 0 Å². The van der Waals surface area contributed by atoms with Crippen molar-refractivity contribution in [1.29, 1.82) is 0 Å². The number of thiocarbonyl (C=S) groups is 1. The molecule has 4 nitrogen and oxygen atoms in total. The molecule has 5 heteroatoms. The number of carbonyl (C=O) groups excluding carboxylic acids is 2. The van der Waals surface area contributed by atoms with E-state index in [0.717, 1.165) is 0 Å². The number of anilines is 1. The normalized spacial score (nSPS) is 10.0. The summed E-state index contributed by atoms with van der Waals surface area (Å²) < 4.78 is 0. The van der Waals surface area contributed by atoms with Gasteiger partial charge in [-0.25, -0.2) is 0 Å². The van der Waals surface area contributed by atoms with Crippen LogP contribution >= 0.6 is 12.2 Å². The van der Waals surface area contributed by atoms with E-state index in [1.807, 2.05) is 24.3 Å². The van der Waals surface area contributed by atoms with Gasteiger partial charge >= 0.3 is 0 Å². The molecule has 0 spiro atoms. The maximum absolute atomic E-state index is 12.4. The van der Waals surface area contributed by atoms with Crippen LogP contribution in [0.1, 0.15) is 26.3 Å². The fraction of sp³-hybridized carbons (Fsp3) is 0. The number of rotatable bonds is 4. The maximum Gasteiger partial charge on any atom is 0.257 e. The summed E-state index contributed by atoms with van der Waals surface area (Å²) in [6.45, 7) is 0. The molecular formula is C21H16N2O2S. The van der Waals surface area contributed by atoms with Crippen molar-refractivity contribution < 1.29 is 9.59 Å². The first-order valence-electron chi connectivity index (χ1n) is 8.01. The minimum absolute atomic E-state index is 0.0443. The van der Waals surface area contributed by atoms with Gasteiger partial charge in [0.2, 0.25) is 0 Å². The zero-order valence-corrected chi connectivity index (χ0v) is 14.6. The summed E-state index contributed by atoms with van der Waals surface area (Å²) in [7, 11) is 0. The molecule has 0 aliphatic carbocycles. The molecule has 0 bridgehead atoms. The van der Waals surface area contributed by atoms with Crippen molar-refractivity contribution in [3.05, 3.63) is 102 Å². The van der Waals surface area contributed by atoms with Gasteiger partial charge in [-0.2, -0.15) is 0 Å². The Labute approximate surface area is 156 Å². The van der Waals surface area contributed by atoms with Crippen LogP contribution in [-0.2, 0) is 0 Å². The lowest BCUT2D eigenvalue weighted by atomic mass is 10.0. The maximum atomic E-state index is 12.4. The van der Waals surface area contributed by atoms with Gasteiger partial charge in [-0.05, 0) is 48.6 Å². The number of amides is 1. The molecule has 0 unspecified atom stereocenters. The molecule has 0 fully saturated rings. The molecule has 0 aliphatic rings. The fourth-order valence-electron chi connectivity index (χ4n) is 2.39. The molecule has 2 N–H and O–H groups in total. The highest BCUT2D eigenvalue weighted by Gasteiger charge is 2.10. The van der Waals surface area contributed by atoms with Crippen LogP contribution in [0.3, 0.4) is 0 Å². The minimum atomic E-state index is -0.279. The molecule has 0 aliphatic heterocycles. The van der Waals surface area contributed by atoms with Gasteiger partial charge in [-0.1, -0.05) is 48.5 Å². The van der Waals surface area contributed by atoms with E-state index in [0.29, 0.717) is 22.4 Å². The van der Waals surface area contributed by atoms with Crippen LogP contribution in [0.4, 0.5) is 5.69 Å². The van der Waals surface area contributed by atoms with Crippen molar-refractivity contribution in [3.63, 3.8) is 0 Å². The van der Waals surface area contributed by atoms with Crippen molar-refractivity contribution in [2.45, 2.75) is 0 Å². The lowest BCUT2D eigenvalue weighted by Gasteiger charge is -2.10. The third-order valence-electron chi connectivity index (χ3n) is 3.70. The molecule has 26 heavy (non-hydrogen) atoms. The monoisotopic (exact) mass is 360 g/mol. The zero-order valence-electron chi connectivity index (χ0n) is 13.8. The van der Waals surface area contributed by atoms with Gasteiger partial charge in [-0.3, -0.25) is 14.9 Å². The number of benzene rings is 3. The second-order valence-corrected chi connectivity index (χ2v) is 5.96. The molecular weight excluding hydrogens is 344 g/mol. The van der Waals surface area contributed by atoms with Gasteiger partial charge in [0.15, 0.2) is 10.9 Å². The Balaban J connectivity index is 1.61. The molecule has 0 saturated heterocycles.